The second kappa shape index (κ2) is 7.81. The molecule has 1 rings (SSSR count). The van der Waals surface area contributed by atoms with Crippen molar-refractivity contribution in [2.45, 2.75) is 52.3 Å². The molecule has 0 saturated carbocycles. The first-order valence-corrected chi connectivity index (χ1v) is 7.28. The quantitative estimate of drug-likeness (QED) is 0.799. The molecule has 0 fully saturated rings. The molecule has 114 valence electrons. The standard InChI is InChI=1S/C15H25ClN2O2/c1-11(2)17-10-13-12(16)6-7-14(18-13)20-9-8-15(3,4)19-5/h6-7,11,17H,8-10H2,1-5H3. The number of hydrogen-bond donors (Lipinski definition) is 1. The molecule has 0 radical (unpaired) electrons. The minimum atomic E-state index is -0.186. The second-order valence-electron chi connectivity index (χ2n) is 5.68. The number of nitrogens with one attached hydrogen (secondary N) is 1. The summed E-state index contributed by atoms with van der Waals surface area (Å²) in [5, 5.41) is 3.95. The van der Waals surface area contributed by atoms with Gasteiger partial charge in [-0.1, -0.05) is 25.4 Å². The normalized spacial score (nSPS) is 11.9. The smallest absolute Gasteiger partial charge is 0.213 e. The number of aromatic nitrogens is 1. The van der Waals surface area contributed by atoms with Crippen LogP contribution in [0.2, 0.25) is 5.02 Å². The molecule has 0 amide bonds. The molecule has 0 aliphatic carbocycles. The summed E-state index contributed by atoms with van der Waals surface area (Å²) in [4.78, 5) is 4.43. The molecule has 4 nitrogen and oxygen atoms in total. The van der Waals surface area contributed by atoms with Gasteiger partial charge in [-0.3, -0.25) is 0 Å². The second-order valence-corrected chi connectivity index (χ2v) is 6.08. The molecule has 0 aliphatic rings. The Morgan fingerprint density at radius 3 is 2.65 bits per heavy atom. The van der Waals surface area contributed by atoms with E-state index in [-0.39, 0.29) is 5.60 Å². The molecule has 20 heavy (non-hydrogen) atoms. The molecule has 0 atom stereocenters. The van der Waals surface area contributed by atoms with Crippen LogP contribution in [-0.2, 0) is 11.3 Å². The molecule has 1 N–H and O–H groups in total. The van der Waals surface area contributed by atoms with Gasteiger partial charge >= 0.3 is 0 Å². The summed E-state index contributed by atoms with van der Waals surface area (Å²) in [5.74, 6) is 0.599. The molecule has 5 heteroatoms. The monoisotopic (exact) mass is 300 g/mol. The fraction of sp³-hybridized carbons (Fsp3) is 0.667. The zero-order valence-corrected chi connectivity index (χ0v) is 13.8. The SMILES string of the molecule is COC(C)(C)CCOc1ccc(Cl)c(CNC(C)C)n1. The fourth-order valence-corrected chi connectivity index (χ4v) is 1.65. The van der Waals surface area contributed by atoms with E-state index in [0.717, 1.165) is 12.1 Å². The summed E-state index contributed by atoms with van der Waals surface area (Å²) in [6.07, 6.45) is 0.799. The lowest BCUT2D eigenvalue weighted by atomic mass is 10.1. The Bertz CT molecular complexity index is 422. The van der Waals surface area contributed by atoms with E-state index in [2.05, 4.69) is 24.1 Å². The van der Waals surface area contributed by atoms with E-state index in [4.69, 9.17) is 21.1 Å². The Balaban J connectivity index is 2.56. The van der Waals surface area contributed by atoms with Gasteiger partial charge in [0.25, 0.3) is 0 Å². The van der Waals surface area contributed by atoms with Crippen LogP contribution < -0.4 is 10.1 Å². The van der Waals surface area contributed by atoms with Crippen LogP contribution in [0.25, 0.3) is 0 Å². The third-order valence-corrected chi connectivity index (χ3v) is 3.42. The number of hydrogen-bond acceptors (Lipinski definition) is 4. The number of halogens is 1. The average molecular weight is 301 g/mol. The first-order valence-electron chi connectivity index (χ1n) is 6.91. The Morgan fingerprint density at radius 1 is 1.35 bits per heavy atom. The Labute approximate surface area is 126 Å². The largest absolute Gasteiger partial charge is 0.478 e. The predicted molar refractivity (Wildman–Crippen MR) is 82.4 cm³/mol. The van der Waals surface area contributed by atoms with Crippen LogP contribution in [0, 0.1) is 0 Å². The zero-order valence-electron chi connectivity index (χ0n) is 13.0. The Kier molecular flexibility index (Phi) is 6.72. The van der Waals surface area contributed by atoms with Gasteiger partial charge in [0.15, 0.2) is 0 Å². The lowest BCUT2D eigenvalue weighted by Gasteiger charge is -2.22. The number of methoxy groups -OCH3 is 1. The van der Waals surface area contributed by atoms with Crippen LogP contribution in [0.3, 0.4) is 0 Å². The van der Waals surface area contributed by atoms with Gasteiger partial charge in [-0.25, -0.2) is 4.98 Å². The van der Waals surface area contributed by atoms with Crippen molar-refractivity contribution in [1.29, 1.82) is 0 Å². The van der Waals surface area contributed by atoms with Gasteiger partial charge in [0.05, 0.1) is 22.9 Å². The van der Waals surface area contributed by atoms with Crippen LogP contribution in [-0.4, -0.2) is 30.3 Å². The molecule has 0 aromatic carbocycles. The van der Waals surface area contributed by atoms with Gasteiger partial charge in [-0.2, -0.15) is 0 Å². The van der Waals surface area contributed by atoms with Crippen molar-refractivity contribution in [3.8, 4) is 5.88 Å². The van der Waals surface area contributed by atoms with Crippen LogP contribution in [0.1, 0.15) is 39.8 Å². The third-order valence-electron chi connectivity index (χ3n) is 3.08. The van der Waals surface area contributed by atoms with Gasteiger partial charge in [-0.15, -0.1) is 0 Å². The van der Waals surface area contributed by atoms with Gasteiger partial charge in [0.2, 0.25) is 5.88 Å². The summed E-state index contributed by atoms with van der Waals surface area (Å²) >= 11 is 6.13. The summed E-state index contributed by atoms with van der Waals surface area (Å²) in [5.41, 5.74) is 0.623. The molecule has 0 unspecified atom stereocenters. The summed E-state index contributed by atoms with van der Waals surface area (Å²) in [6.45, 7) is 9.43. The van der Waals surface area contributed by atoms with E-state index in [1.54, 1.807) is 13.2 Å². The van der Waals surface area contributed by atoms with Gasteiger partial charge in [0.1, 0.15) is 0 Å². The van der Waals surface area contributed by atoms with E-state index >= 15 is 0 Å². The molecule has 0 saturated heterocycles. The first-order chi connectivity index (χ1) is 9.34. The minimum absolute atomic E-state index is 0.186. The molecule has 1 aromatic heterocycles. The van der Waals surface area contributed by atoms with Crippen LogP contribution >= 0.6 is 11.6 Å². The minimum Gasteiger partial charge on any atom is -0.478 e. The average Bonchev–Trinajstić information content (AvgIpc) is 2.39. The predicted octanol–water partition coefficient (Wildman–Crippen LogP) is 3.43. The maximum Gasteiger partial charge on any atom is 0.213 e. The maximum absolute atomic E-state index is 6.13. The number of rotatable bonds is 8. The third kappa shape index (κ3) is 6.07. The molecular formula is C15H25ClN2O2. The number of ether oxygens (including phenoxy) is 2. The summed E-state index contributed by atoms with van der Waals surface area (Å²) in [7, 11) is 1.70. The molecule has 0 bridgehead atoms. The Hall–Kier alpha value is -0.840. The molecule has 0 aliphatic heterocycles. The van der Waals surface area contributed by atoms with Gasteiger partial charge < -0.3 is 14.8 Å². The van der Waals surface area contributed by atoms with Crippen molar-refractivity contribution in [2.75, 3.05) is 13.7 Å². The van der Waals surface area contributed by atoms with E-state index in [1.165, 1.54) is 0 Å². The van der Waals surface area contributed by atoms with E-state index in [9.17, 15) is 0 Å². The van der Waals surface area contributed by atoms with Crippen molar-refractivity contribution < 1.29 is 9.47 Å². The van der Waals surface area contributed by atoms with Crippen LogP contribution in [0.4, 0.5) is 0 Å². The summed E-state index contributed by atoms with van der Waals surface area (Å²) < 4.78 is 11.0. The highest BCUT2D eigenvalue weighted by molar-refractivity contribution is 6.31. The number of nitrogens with zero attached hydrogens (tertiary/aromatic N) is 1. The van der Waals surface area contributed by atoms with Crippen LogP contribution in [0.5, 0.6) is 5.88 Å². The van der Waals surface area contributed by atoms with Crippen molar-refractivity contribution in [3.05, 3.63) is 22.8 Å². The highest BCUT2D eigenvalue weighted by Gasteiger charge is 2.16. The first kappa shape index (κ1) is 17.2. The lowest BCUT2D eigenvalue weighted by molar-refractivity contribution is 0.00507. The zero-order chi connectivity index (χ0) is 15.2. The topological polar surface area (TPSA) is 43.4 Å². The van der Waals surface area contributed by atoms with Crippen molar-refractivity contribution in [3.63, 3.8) is 0 Å². The van der Waals surface area contributed by atoms with Gasteiger partial charge in [-0.05, 0) is 19.9 Å². The van der Waals surface area contributed by atoms with Crippen molar-refractivity contribution in [2.24, 2.45) is 0 Å². The highest BCUT2D eigenvalue weighted by atomic mass is 35.5. The van der Waals surface area contributed by atoms with Gasteiger partial charge in [0, 0.05) is 32.2 Å². The van der Waals surface area contributed by atoms with E-state index in [1.807, 2.05) is 19.9 Å². The van der Waals surface area contributed by atoms with Crippen molar-refractivity contribution >= 4 is 11.6 Å². The Morgan fingerprint density at radius 2 is 2.05 bits per heavy atom. The molecule has 1 heterocycles. The van der Waals surface area contributed by atoms with E-state index < -0.39 is 0 Å². The van der Waals surface area contributed by atoms with Crippen molar-refractivity contribution in [1.82, 2.24) is 10.3 Å². The summed E-state index contributed by atoms with van der Waals surface area (Å²) in [6, 6.07) is 4.00. The number of pyridine rings is 1. The molecule has 1 aromatic rings. The highest BCUT2D eigenvalue weighted by Crippen LogP contribution is 2.19. The molecular weight excluding hydrogens is 276 g/mol. The maximum atomic E-state index is 6.13. The van der Waals surface area contributed by atoms with E-state index in [0.29, 0.717) is 30.1 Å². The molecule has 0 spiro atoms. The lowest BCUT2D eigenvalue weighted by Crippen LogP contribution is -2.25. The van der Waals surface area contributed by atoms with Crippen LogP contribution in [0.15, 0.2) is 12.1 Å². The fourth-order valence-electron chi connectivity index (χ4n) is 1.47.